The molecule has 1 aliphatic rings. The zero-order valence-corrected chi connectivity index (χ0v) is 10.7. The minimum absolute atomic E-state index is 0.114. The summed E-state index contributed by atoms with van der Waals surface area (Å²) in [7, 11) is 2.06. The molecule has 1 aromatic rings. The van der Waals surface area contributed by atoms with Gasteiger partial charge in [0.2, 0.25) is 0 Å². The minimum Gasteiger partial charge on any atom is -0.315 e. The summed E-state index contributed by atoms with van der Waals surface area (Å²) in [4.78, 5) is 2.25. The van der Waals surface area contributed by atoms with Gasteiger partial charge in [-0.05, 0) is 38.1 Å². The molecule has 1 saturated heterocycles. The minimum atomic E-state index is -2.38. The summed E-state index contributed by atoms with van der Waals surface area (Å²) in [5.74, 6) is 0. The maximum absolute atomic E-state index is 12.6. The molecular formula is C14H20F2N2. The molecule has 100 valence electrons. The fourth-order valence-corrected chi connectivity index (χ4v) is 2.45. The number of halogens is 2. The van der Waals surface area contributed by atoms with E-state index < -0.39 is 6.43 Å². The SMILES string of the molecule is CN(Cc1cccc(C(F)F)c1)C1CCCNC1. The number of hydrogen-bond acceptors (Lipinski definition) is 2. The van der Waals surface area contributed by atoms with Gasteiger partial charge in [0.15, 0.2) is 0 Å². The van der Waals surface area contributed by atoms with Gasteiger partial charge in [0.25, 0.3) is 6.43 Å². The molecule has 0 bridgehead atoms. The smallest absolute Gasteiger partial charge is 0.263 e. The Balaban J connectivity index is 1.97. The molecule has 18 heavy (non-hydrogen) atoms. The number of nitrogens with zero attached hydrogens (tertiary/aromatic N) is 1. The topological polar surface area (TPSA) is 15.3 Å². The normalized spacial score (nSPS) is 20.6. The van der Waals surface area contributed by atoms with Crippen LogP contribution in [0.15, 0.2) is 24.3 Å². The first-order valence-electron chi connectivity index (χ1n) is 6.45. The van der Waals surface area contributed by atoms with Gasteiger partial charge < -0.3 is 5.32 Å². The van der Waals surface area contributed by atoms with Crippen molar-refractivity contribution in [3.63, 3.8) is 0 Å². The molecule has 1 fully saturated rings. The van der Waals surface area contributed by atoms with Crippen molar-refractivity contribution in [2.24, 2.45) is 0 Å². The van der Waals surface area contributed by atoms with E-state index in [1.807, 2.05) is 6.07 Å². The summed E-state index contributed by atoms with van der Waals surface area (Å²) in [6.45, 7) is 2.81. The average Bonchev–Trinajstić information content (AvgIpc) is 2.40. The Hall–Kier alpha value is -1.00. The van der Waals surface area contributed by atoms with Crippen LogP contribution in [0.2, 0.25) is 0 Å². The quantitative estimate of drug-likeness (QED) is 0.889. The summed E-state index contributed by atoms with van der Waals surface area (Å²) in [5.41, 5.74) is 1.07. The molecule has 1 N–H and O–H groups in total. The number of piperidine rings is 1. The van der Waals surface area contributed by atoms with E-state index in [1.165, 1.54) is 18.9 Å². The van der Waals surface area contributed by atoms with Gasteiger partial charge in [-0.25, -0.2) is 8.78 Å². The lowest BCUT2D eigenvalue weighted by Gasteiger charge is -2.31. The van der Waals surface area contributed by atoms with Crippen LogP contribution in [0.3, 0.4) is 0 Å². The van der Waals surface area contributed by atoms with Gasteiger partial charge >= 0.3 is 0 Å². The summed E-state index contributed by atoms with van der Waals surface area (Å²) in [6, 6.07) is 7.23. The first kappa shape index (κ1) is 13.4. The van der Waals surface area contributed by atoms with E-state index in [1.54, 1.807) is 12.1 Å². The predicted molar refractivity (Wildman–Crippen MR) is 68.8 cm³/mol. The van der Waals surface area contributed by atoms with E-state index in [0.29, 0.717) is 6.04 Å². The van der Waals surface area contributed by atoms with E-state index in [0.717, 1.165) is 25.2 Å². The summed E-state index contributed by atoms with van der Waals surface area (Å²) < 4.78 is 25.2. The second-order valence-corrected chi connectivity index (χ2v) is 4.96. The van der Waals surface area contributed by atoms with Crippen LogP contribution < -0.4 is 5.32 Å². The Morgan fingerprint density at radius 1 is 1.44 bits per heavy atom. The molecule has 0 aliphatic carbocycles. The van der Waals surface area contributed by atoms with Gasteiger partial charge in [-0.1, -0.05) is 18.2 Å². The molecular weight excluding hydrogens is 234 g/mol. The molecule has 0 radical (unpaired) electrons. The first-order chi connectivity index (χ1) is 8.66. The summed E-state index contributed by atoms with van der Waals surface area (Å²) in [6.07, 6.45) is -0.0176. The third kappa shape index (κ3) is 3.50. The second kappa shape index (κ2) is 6.25. The van der Waals surface area contributed by atoms with Crippen molar-refractivity contribution in [2.45, 2.75) is 31.9 Å². The average molecular weight is 254 g/mol. The van der Waals surface area contributed by atoms with Crippen LogP contribution in [0, 0.1) is 0 Å². The lowest BCUT2D eigenvalue weighted by molar-refractivity contribution is 0.151. The van der Waals surface area contributed by atoms with Crippen LogP contribution in [0.1, 0.15) is 30.4 Å². The zero-order chi connectivity index (χ0) is 13.0. The Bertz CT molecular complexity index is 376. The lowest BCUT2D eigenvalue weighted by atomic mass is 10.0. The molecule has 1 atom stereocenters. The van der Waals surface area contributed by atoms with E-state index >= 15 is 0 Å². The highest BCUT2D eigenvalue weighted by atomic mass is 19.3. The van der Waals surface area contributed by atoms with Gasteiger partial charge in [0.05, 0.1) is 0 Å². The molecule has 0 saturated carbocycles. The van der Waals surface area contributed by atoms with Crippen LogP contribution in [0.4, 0.5) is 8.78 Å². The van der Waals surface area contributed by atoms with Crippen LogP contribution >= 0.6 is 0 Å². The van der Waals surface area contributed by atoms with Crippen LogP contribution in [0.5, 0.6) is 0 Å². The largest absolute Gasteiger partial charge is 0.315 e. The number of nitrogens with one attached hydrogen (secondary N) is 1. The van der Waals surface area contributed by atoms with E-state index in [-0.39, 0.29) is 5.56 Å². The number of rotatable bonds is 4. The highest BCUT2D eigenvalue weighted by Gasteiger charge is 2.18. The Morgan fingerprint density at radius 2 is 2.28 bits per heavy atom. The van der Waals surface area contributed by atoms with Gasteiger partial charge in [-0.15, -0.1) is 0 Å². The molecule has 0 amide bonds. The van der Waals surface area contributed by atoms with Crippen molar-refractivity contribution >= 4 is 0 Å². The van der Waals surface area contributed by atoms with Crippen molar-refractivity contribution in [1.29, 1.82) is 0 Å². The van der Waals surface area contributed by atoms with Crippen molar-refractivity contribution in [3.8, 4) is 0 Å². The Labute approximate surface area is 107 Å². The van der Waals surface area contributed by atoms with Crippen molar-refractivity contribution in [1.82, 2.24) is 10.2 Å². The number of benzene rings is 1. The monoisotopic (exact) mass is 254 g/mol. The fraction of sp³-hybridized carbons (Fsp3) is 0.571. The Morgan fingerprint density at radius 3 is 2.94 bits per heavy atom. The number of likely N-dealkylation sites (N-methyl/N-ethyl adjacent to an activating group) is 1. The molecule has 4 heteroatoms. The first-order valence-corrected chi connectivity index (χ1v) is 6.45. The lowest BCUT2D eigenvalue weighted by Crippen LogP contribution is -2.43. The molecule has 2 rings (SSSR count). The van der Waals surface area contributed by atoms with E-state index in [4.69, 9.17) is 0 Å². The predicted octanol–water partition coefficient (Wildman–Crippen LogP) is 2.81. The van der Waals surface area contributed by atoms with Crippen LogP contribution in [-0.2, 0) is 6.54 Å². The van der Waals surface area contributed by atoms with Crippen molar-refractivity contribution < 1.29 is 8.78 Å². The van der Waals surface area contributed by atoms with Gasteiger partial charge in [0, 0.05) is 24.7 Å². The maximum atomic E-state index is 12.6. The van der Waals surface area contributed by atoms with Crippen LogP contribution in [-0.4, -0.2) is 31.1 Å². The van der Waals surface area contributed by atoms with Crippen molar-refractivity contribution in [3.05, 3.63) is 35.4 Å². The molecule has 2 nitrogen and oxygen atoms in total. The second-order valence-electron chi connectivity index (χ2n) is 4.96. The van der Waals surface area contributed by atoms with Crippen molar-refractivity contribution in [2.75, 3.05) is 20.1 Å². The highest BCUT2D eigenvalue weighted by molar-refractivity contribution is 5.24. The molecule has 1 heterocycles. The molecule has 1 unspecified atom stereocenters. The number of alkyl halides is 2. The zero-order valence-electron chi connectivity index (χ0n) is 10.7. The summed E-state index contributed by atoms with van der Waals surface area (Å²) in [5, 5.41) is 3.37. The van der Waals surface area contributed by atoms with Gasteiger partial charge in [0.1, 0.15) is 0 Å². The molecule has 1 aromatic carbocycles. The fourth-order valence-electron chi connectivity index (χ4n) is 2.45. The molecule has 0 aromatic heterocycles. The number of hydrogen-bond donors (Lipinski definition) is 1. The molecule has 0 spiro atoms. The standard InChI is InChI=1S/C14H20F2N2/c1-18(13-6-3-7-17-9-13)10-11-4-2-5-12(8-11)14(15)16/h2,4-5,8,13-14,17H,3,6-7,9-10H2,1H3. The van der Waals surface area contributed by atoms with Gasteiger partial charge in [-0.3, -0.25) is 4.90 Å². The van der Waals surface area contributed by atoms with Crippen LogP contribution in [0.25, 0.3) is 0 Å². The third-order valence-corrected chi connectivity index (χ3v) is 3.53. The Kier molecular flexibility index (Phi) is 4.66. The summed E-state index contributed by atoms with van der Waals surface area (Å²) >= 11 is 0. The van der Waals surface area contributed by atoms with Gasteiger partial charge in [-0.2, -0.15) is 0 Å². The van der Waals surface area contributed by atoms with E-state index in [9.17, 15) is 8.78 Å². The third-order valence-electron chi connectivity index (χ3n) is 3.53. The maximum Gasteiger partial charge on any atom is 0.263 e. The molecule has 1 aliphatic heterocycles. The highest BCUT2D eigenvalue weighted by Crippen LogP contribution is 2.20. The van der Waals surface area contributed by atoms with E-state index in [2.05, 4.69) is 17.3 Å².